The number of nitrogens with one attached hydrogen (secondary N) is 1. The fourth-order valence-corrected chi connectivity index (χ4v) is 3.02. The Hall–Kier alpha value is -2.47. The van der Waals surface area contributed by atoms with Crippen molar-refractivity contribution in [2.45, 2.75) is 26.3 Å². The average molecular weight is 402 g/mol. The van der Waals surface area contributed by atoms with Gasteiger partial charge in [-0.2, -0.15) is 11.8 Å². The first kappa shape index (κ1) is 21.8. The zero-order valence-electron chi connectivity index (χ0n) is 16.6. The molecular formula is C22H27NO4S. The standard InChI is InChI=1S/C22H27NO4S/c1-16-7-9-19(10-8-16)26-12-13-27-22(25)20(11-14-28-3)23-21(24)18-6-4-5-17(2)15-18/h4-10,15,20H,11-14H2,1-3H3,(H,23,24)/t20-/m0/s1. The predicted molar refractivity (Wildman–Crippen MR) is 113 cm³/mol. The number of hydrogen-bond acceptors (Lipinski definition) is 5. The van der Waals surface area contributed by atoms with Gasteiger partial charge in [-0.1, -0.05) is 35.4 Å². The minimum Gasteiger partial charge on any atom is -0.490 e. The molecule has 2 rings (SSSR count). The molecule has 0 aliphatic carbocycles. The van der Waals surface area contributed by atoms with Crippen molar-refractivity contribution in [3.05, 3.63) is 65.2 Å². The number of rotatable bonds is 10. The molecule has 28 heavy (non-hydrogen) atoms. The van der Waals surface area contributed by atoms with Gasteiger partial charge in [0, 0.05) is 5.56 Å². The molecule has 0 bridgehead atoms. The summed E-state index contributed by atoms with van der Waals surface area (Å²) >= 11 is 1.62. The predicted octanol–water partition coefficient (Wildman–Crippen LogP) is 3.78. The van der Waals surface area contributed by atoms with Crippen molar-refractivity contribution in [3.63, 3.8) is 0 Å². The van der Waals surface area contributed by atoms with E-state index >= 15 is 0 Å². The van der Waals surface area contributed by atoms with E-state index in [1.54, 1.807) is 23.9 Å². The summed E-state index contributed by atoms with van der Waals surface area (Å²) in [5.74, 6) is 0.756. The molecule has 6 heteroatoms. The van der Waals surface area contributed by atoms with Crippen molar-refractivity contribution in [2.75, 3.05) is 25.2 Å². The number of thioether (sulfide) groups is 1. The Labute approximate surface area is 170 Å². The number of ether oxygens (including phenoxy) is 2. The van der Waals surface area contributed by atoms with Crippen LogP contribution in [0, 0.1) is 13.8 Å². The van der Waals surface area contributed by atoms with Crippen molar-refractivity contribution in [2.24, 2.45) is 0 Å². The number of aryl methyl sites for hydroxylation is 2. The van der Waals surface area contributed by atoms with E-state index in [1.165, 1.54) is 0 Å². The molecule has 0 radical (unpaired) electrons. The lowest BCUT2D eigenvalue weighted by atomic mass is 10.1. The van der Waals surface area contributed by atoms with Crippen LogP contribution in [0.5, 0.6) is 5.75 Å². The normalized spacial score (nSPS) is 11.5. The molecule has 0 aliphatic heterocycles. The first-order valence-electron chi connectivity index (χ1n) is 9.22. The Morgan fingerprint density at radius 1 is 1.04 bits per heavy atom. The van der Waals surface area contributed by atoms with Gasteiger partial charge in [0.1, 0.15) is 25.0 Å². The Morgan fingerprint density at radius 2 is 1.79 bits per heavy atom. The van der Waals surface area contributed by atoms with Crippen LogP contribution in [0.2, 0.25) is 0 Å². The average Bonchev–Trinajstić information content (AvgIpc) is 2.69. The Balaban J connectivity index is 1.85. The second kappa shape index (κ2) is 11.4. The molecule has 0 fully saturated rings. The fourth-order valence-electron chi connectivity index (χ4n) is 2.55. The van der Waals surface area contributed by atoms with Gasteiger partial charge < -0.3 is 14.8 Å². The van der Waals surface area contributed by atoms with Crippen molar-refractivity contribution >= 4 is 23.6 Å². The molecule has 0 unspecified atom stereocenters. The largest absolute Gasteiger partial charge is 0.490 e. The van der Waals surface area contributed by atoms with Crippen LogP contribution in [0.3, 0.4) is 0 Å². The summed E-state index contributed by atoms with van der Waals surface area (Å²) in [6.45, 7) is 4.31. The number of hydrogen-bond donors (Lipinski definition) is 1. The van der Waals surface area contributed by atoms with E-state index in [4.69, 9.17) is 9.47 Å². The van der Waals surface area contributed by atoms with Gasteiger partial charge >= 0.3 is 5.97 Å². The van der Waals surface area contributed by atoms with Gasteiger partial charge in [-0.05, 0) is 56.5 Å². The highest BCUT2D eigenvalue weighted by atomic mass is 32.2. The minimum absolute atomic E-state index is 0.128. The van der Waals surface area contributed by atoms with E-state index < -0.39 is 12.0 Å². The van der Waals surface area contributed by atoms with Crippen LogP contribution in [0.25, 0.3) is 0 Å². The smallest absolute Gasteiger partial charge is 0.328 e. The Kier molecular flexibility index (Phi) is 8.88. The number of benzene rings is 2. The Morgan fingerprint density at radius 3 is 2.46 bits per heavy atom. The molecule has 150 valence electrons. The first-order chi connectivity index (χ1) is 13.5. The van der Waals surface area contributed by atoms with Crippen LogP contribution in [0.15, 0.2) is 48.5 Å². The second-order valence-corrected chi connectivity index (χ2v) is 7.49. The third-order valence-corrected chi connectivity index (χ3v) is 4.74. The van der Waals surface area contributed by atoms with Crippen molar-refractivity contribution < 1.29 is 19.1 Å². The highest BCUT2D eigenvalue weighted by molar-refractivity contribution is 7.98. The van der Waals surface area contributed by atoms with Gasteiger partial charge in [-0.3, -0.25) is 4.79 Å². The van der Waals surface area contributed by atoms with E-state index in [-0.39, 0.29) is 19.1 Å². The van der Waals surface area contributed by atoms with Crippen molar-refractivity contribution in [1.29, 1.82) is 0 Å². The van der Waals surface area contributed by atoms with E-state index in [9.17, 15) is 9.59 Å². The first-order valence-corrected chi connectivity index (χ1v) is 10.6. The van der Waals surface area contributed by atoms with Gasteiger partial charge in [-0.25, -0.2) is 4.79 Å². The number of amides is 1. The molecule has 2 aromatic carbocycles. The maximum atomic E-state index is 12.5. The molecule has 2 aromatic rings. The molecular weight excluding hydrogens is 374 g/mol. The third-order valence-electron chi connectivity index (χ3n) is 4.10. The van der Waals surface area contributed by atoms with Crippen molar-refractivity contribution in [1.82, 2.24) is 5.32 Å². The number of carbonyl (C=O) groups excluding carboxylic acids is 2. The quantitative estimate of drug-likeness (QED) is 0.485. The molecule has 0 spiro atoms. The molecule has 1 amide bonds. The molecule has 0 aliphatic rings. The monoisotopic (exact) mass is 401 g/mol. The lowest BCUT2D eigenvalue weighted by molar-refractivity contribution is -0.146. The maximum absolute atomic E-state index is 12.5. The molecule has 1 N–H and O–H groups in total. The van der Waals surface area contributed by atoms with Crippen molar-refractivity contribution in [3.8, 4) is 5.75 Å². The lowest BCUT2D eigenvalue weighted by Gasteiger charge is -2.17. The summed E-state index contributed by atoms with van der Waals surface area (Å²) < 4.78 is 10.9. The zero-order chi connectivity index (χ0) is 20.4. The maximum Gasteiger partial charge on any atom is 0.328 e. The summed E-state index contributed by atoms with van der Waals surface area (Å²) in [5, 5.41) is 2.79. The van der Waals surface area contributed by atoms with Crippen LogP contribution >= 0.6 is 11.8 Å². The van der Waals surface area contributed by atoms with E-state index in [0.29, 0.717) is 12.0 Å². The molecule has 0 saturated carbocycles. The minimum atomic E-state index is -0.681. The number of esters is 1. The molecule has 1 atom stereocenters. The second-order valence-electron chi connectivity index (χ2n) is 6.51. The highest BCUT2D eigenvalue weighted by Crippen LogP contribution is 2.11. The van der Waals surface area contributed by atoms with Crippen LogP contribution in [-0.2, 0) is 9.53 Å². The van der Waals surface area contributed by atoms with Crippen LogP contribution in [-0.4, -0.2) is 43.1 Å². The van der Waals surface area contributed by atoms with E-state index in [2.05, 4.69) is 5.32 Å². The summed E-state index contributed by atoms with van der Waals surface area (Å²) in [6.07, 6.45) is 2.47. The van der Waals surface area contributed by atoms with E-state index in [1.807, 2.05) is 56.5 Å². The van der Waals surface area contributed by atoms with Gasteiger partial charge in [0.15, 0.2) is 0 Å². The zero-order valence-corrected chi connectivity index (χ0v) is 17.4. The van der Waals surface area contributed by atoms with Crippen LogP contribution in [0.4, 0.5) is 0 Å². The van der Waals surface area contributed by atoms with Crippen LogP contribution in [0.1, 0.15) is 27.9 Å². The molecule has 5 nitrogen and oxygen atoms in total. The Bertz CT molecular complexity index is 776. The molecule has 0 aromatic heterocycles. The molecule has 0 saturated heterocycles. The summed E-state index contributed by atoms with van der Waals surface area (Å²) in [7, 11) is 0. The summed E-state index contributed by atoms with van der Waals surface area (Å²) in [4.78, 5) is 24.9. The SMILES string of the molecule is CSCC[C@H](NC(=O)c1cccc(C)c1)C(=O)OCCOc1ccc(C)cc1. The number of carbonyl (C=O) groups is 2. The van der Waals surface area contributed by atoms with E-state index in [0.717, 1.165) is 22.6 Å². The third kappa shape index (κ3) is 7.27. The van der Waals surface area contributed by atoms with Gasteiger partial charge in [0.05, 0.1) is 0 Å². The lowest BCUT2D eigenvalue weighted by Crippen LogP contribution is -2.42. The molecule has 0 heterocycles. The van der Waals surface area contributed by atoms with Gasteiger partial charge in [0.25, 0.3) is 5.91 Å². The van der Waals surface area contributed by atoms with Gasteiger partial charge in [0.2, 0.25) is 0 Å². The van der Waals surface area contributed by atoms with Crippen LogP contribution < -0.4 is 10.1 Å². The fraction of sp³-hybridized carbons (Fsp3) is 0.364. The topological polar surface area (TPSA) is 64.6 Å². The summed E-state index contributed by atoms with van der Waals surface area (Å²) in [6, 6.07) is 14.3. The van der Waals surface area contributed by atoms with Gasteiger partial charge in [-0.15, -0.1) is 0 Å². The highest BCUT2D eigenvalue weighted by Gasteiger charge is 2.22. The summed E-state index contributed by atoms with van der Waals surface area (Å²) in [5.41, 5.74) is 2.67.